The number of ether oxygens (including phenoxy) is 1. The second-order valence-corrected chi connectivity index (χ2v) is 8.91. The zero-order chi connectivity index (χ0) is 17.0. The molecule has 1 fully saturated rings. The Hall–Kier alpha value is -0.850. The molecule has 1 unspecified atom stereocenters. The molecule has 1 saturated heterocycles. The Morgan fingerprint density at radius 1 is 1.57 bits per heavy atom. The molecule has 5 nitrogen and oxygen atoms in total. The van der Waals surface area contributed by atoms with E-state index in [0.29, 0.717) is 10.4 Å². The van der Waals surface area contributed by atoms with Crippen molar-refractivity contribution in [3.63, 3.8) is 0 Å². The van der Waals surface area contributed by atoms with Gasteiger partial charge in [-0.05, 0) is 46.6 Å². The summed E-state index contributed by atoms with van der Waals surface area (Å²) in [4.78, 5) is 21.6. The van der Waals surface area contributed by atoms with E-state index in [1.54, 1.807) is 0 Å². The minimum Gasteiger partial charge on any atom is -0.444 e. The predicted octanol–water partition coefficient (Wildman–Crippen LogP) is 3.88. The van der Waals surface area contributed by atoms with Crippen LogP contribution >= 0.6 is 22.9 Å². The fourth-order valence-corrected chi connectivity index (χ4v) is 3.89. The van der Waals surface area contributed by atoms with E-state index in [-0.39, 0.29) is 6.09 Å². The van der Waals surface area contributed by atoms with Crippen LogP contribution in [0.5, 0.6) is 0 Å². The lowest BCUT2D eigenvalue weighted by atomic mass is 9.98. The van der Waals surface area contributed by atoms with Crippen LogP contribution in [0.25, 0.3) is 0 Å². The number of hydrogen-bond donors (Lipinski definition) is 0. The molecule has 0 radical (unpaired) electrons. The molecule has 2 heterocycles. The zero-order valence-electron chi connectivity index (χ0n) is 14.3. The molecular formula is C16H26ClN3O2S. The lowest BCUT2D eigenvalue weighted by Gasteiger charge is -2.35. The summed E-state index contributed by atoms with van der Waals surface area (Å²) in [5.74, 6) is 0.477. The van der Waals surface area contributed by atoms with E-state index >= 15 is 0 Å². The highest BCUT2D eigenvalue weighted by atomic mass is 35.5. The summed E-state index contributed by atoms with van der Waals surface area (Å²) in [6.07, 6.45) is 3.81. The highest BCUT2D eigenvalue weighted by molar-refractivity contribution is 7.15. The van der Waals surface area contributed by atoms with Crippen LogP contribution in [-0.4, -0.2) is 53.2 Å². The average molecular weight is 360 g/mol. The van der Waals surface area contributed by atoms with Crippen LogP contribution in [0.4, 0.5) is 4.79 Å². The SMILES string of the molecule is CN(Cc1cnc(Cl)s1)CC1CCCN(C(=O)OC(C)(C)C)C1. The normalized spacial score (nSPS) is 19.2. The van der Waals surface area contributed by atoms with Gasteiger partial charge in [-0.15, -0.1) is 11.3 Å². The standard InChI is InChI=1S/C16H26ClN3O2S/c1-16(2,3)22-15(21)20-7-5-6-12(10-20)9-19(4)11-13-8-18-14(17)23-13/h8,12H,5-7,9-11H2,1-4H3. The van der Waals surface area contributed by atoms with Crippen molar-refractivity contribution in [2.45, 2.75) is 45.8 Å². The number of carbonyl (C=O) groups is 1. The van der Waals surface area contributed by atoms with Gasteiger partial charge in [0, 0.05) is 37.3 Å². The minimum atomic E-state index is -0.438. The van der Waals surface area contributed by atoms with E-state index < -0.39 is 5.60 Å². The summed E-state index contributed by atoms with van der Waals surface area (Å²) in [7, 11) is 2.10. The average Bonchev–Trinajstić information content (AvgIpc) is 2.82. The molecule has 0 aliphatic carbocycles. The third-order valence-electron chi connectivity index (χ3n) is 3.69. The number of thiazole rings is 1. The fourth-order valence-electron chi connectivity index (χ4n) is 2.83. The van der Waals surface area contributed by atoms with Gasteiger partial charge in [0.2, 0.25) is 0 Å². The number of amides is 1. The van der Waals surface area contributed by atoms with E-state index in [1.165, 1.54) is 11.3 Å². The number of halogens is 1. The molecule has 0 spiro atoms. The quantitative estimate of drug-likeness (QED) is 0.818. The van der Waals surface area contributed by atoms with Crippen LogP contribution in [0, 0.1) is 5.92 Å². The first-order chi connectivity index (χ1) is 10.7. The zero-order valence-corrected chi connectivity index (χ0v) is 15.9. The van der Waals surface area contributed by atoms with Gasteiger partial charge in [-0.1, -0.05) is 11.6 Å². The Kier molecular flexibility index (Phi) is 6.28. The third-order valence-corrected chi connectivity index (χ3v) is 4.79. The molecule has 130 valence electrons. The van der Waals surface area contributed by atoms with Gasteiger partial charge in [-0.25, -0.2) is 9.78 Å². The summed E-state index contributed by atoms with van der Waals surface area (Å²) in [6, 6.07) is 0. The van der Waals surface area contributed by atoms with Gasteiger partial charge >= 0.3 is 6.09 Å². The Labute approximate surface area is 147 Å². The molecule has 0 saturated carbocycles. The van der Waals surface area contributed by atoms with Crippen LogP contribution in [0.15, 0.2) is 6.20 Å². The Balaban J connectivity index is 1.82. The van der Waals surface area contributed by atoms with E-state index in [4.69, 9.17) is 16.3 Å². The highest BCUT2D eigenvalue weighted by Gasteiger charge is 2.28. The minimum absolute atomic E-state index is 0.195. The molecule has 0 N–H and O–H groups in total. The summed E-state index contributed by atoms with van der Waals surface area (Å²) in [5, 5.41) is 0. The van der Waals surface area contributed by atoms with Gasteiger partial charge in [-0.2, -0.15) is 0 Å². The van der Waals surface area contributed by atoms with E-state index in [0.717, 1.165) is 43.9 Å². The molecule has 1 aromatic rings. The molecule has 2 rings (SSSR count). The number of hydrogen-bond acceptors (Lipinski definition) is 5. The maximum Gasteiger partial charge on any atom is 0.410 e. The van der Waals surface area contributed by atoms with Gasteiger partial charge in [0.15, 0.2) is 4.47 Å². The Morgan fingerprint density at radius 2 is 2.30 bits per heavy atom. The number of aromatic nitrogens is 1. The van der Waals surface area contributed by atoms with Gasteiger partial charge in [0.05, 0.1) is 0 Å². The lowest BCUT2D eigenvalue weighted by molar-refractivity contribution is 0.0148. The van der Waals surface area contributed by atoms with Gasteiger partial charge in [0.25, 0.3) is 0 Å². The third kappa shape index (κ3) is 6.28. The molecule has 0 aromatic carbocycles. The fraction of sp³-hybridized carbons (Fsp3) is 0.750. The van der Waals surface area contributed by atoms with Crippen LogP contribution in [0.3, 0.4) is 0 Å². The first-order valence-electron chi connectivity index (χ1n) is 7.99. The predicted molar refractivity (Wildman–Crippen MR) is 94.0 cm³/mol. The number of nitrogens with zero attached hydrogens (tertiary/aromatic N) is 3. The molecule has 1 aliphatic heterocycles. The molecule has 23 heavy (non-hydrogen) atoms. The first-order valence-corrected chi connectivity index (χ1v) is 9.19. The number of carbonyl (C=O) groups excluding carboxylic acids is 1. The second kappa shape index (κ2) is 7.81. The maximum atomic E-state index is 12.2. The van der Waals surface area contributed by atoms with Crippen molar-refractivity contribution in [1.82, 2.24) is 14.8 Å². The van der Waals surface area contributed by atoms with E-state index in [2.05, 4.69) is 16.9 Å². The number of rotatable bonds is 4. The summed E-state index contributed by atoms with van der Waals surface area (Å²) < 4.78 is 6.07. The maximum absolute atomic E-state index is 12.2. The first kappa shape index (κ1) is 18.5. The number of piperidine rings is 1. The Morgan fingerprint density at radius 3 is 2.91 bits per heavy atom. The van der Waals surface area contributed by atoms with Crippen molar-refractivity contribution >= 4 is 29.0 Å². The van der Waals surface area contributed by atoms with Crippen molar-refractivity contribution in [1.29, 1.82) is 0 Å². The smallest absolute Gasteiger partial charge is 0.410 e. The summed E-state index contributed by atoms with van der Waals surface area (Å²) >= 11 is 7.39. The molecule has 1 aromatic heterocycles. The van der Waals surface area contributed by atoms with Crippen molar-refractivity contribution in [2.24, 2.45) is 5.92 Å². The second-order valence-electron chi connectivity index (χ2n) is 7.21. The molecule has 1 amide bonds. The van der Waals surface area contributed by atoms with Crippen molar-refractivity contribution < 1.29 is 9.53 Å². The van der Waals surface area contributed by atoms with Crippen molar-refractivity contribution in [2.75, 3.05) is 26.7 Å². The molecule has 1 atom stereocenters. The van der Waals surface area contributed by atoms with Crippen LogP contribution in [-0.2, 0) is 11.3 Å². The Bertz CT molecular complexity index is 530. The molecule has 0 bridgehead atoms. The van der Waals surface area contributed by atoms with Crippen molar-refractivity contribution in [3.05, 3.63) is 15.5 Å². The number of likely N-dealkylation sites (tertiary alicyclic amines) is 1. The lowest BCUT2D eigenvalue weighted by Crippen LogP contribution is -2.45. The van der Waals surface area contributed by atoms with E-state index in [9.17, 15) is 4.79 Å². The van der Waals surface area contributed by atoms with E-state index in [1.807, 2.05) is 31.9 Å². The van der Waals surface area contributed by atoms with Crippen molar-refractivity contribution in [3.8, 4) is 0 Å². The molecular weight excluding hydrogens is 334 g/mol. The van der Waals surface area contributed by atoms with Gasteiger partial charge in [0.1, 0.15) is 5.60 Å². The highest BCUT2D eigenvalue weighted by Crippen LogP contribution is 2.22. The van der Waals surface area contributed by atoms with Gasteiger partial charge < -0.3 is 14.5 Å². The largest absolute Gasteiger partial charge is 0.444 e. The summed E-state index contributed by atoms with van der Waals surface area (Å²) in [6.45, 7) is 9.06. The molecule has 7 heteroatoms. The van der Waals surface area contributed by atoms with Gasteiger partial charge in [-0.3, -0.25) is 0 Å². The topological polar surface area (TPSA) is 45.7 Å². The van der Waals surface area contributed by atoms with Crippen LogP contribution < -0.4 is 0 Å². The monoisotopic (exact) mass is 359 g/mol. The summed E-state index contributed by atoms with van der Waals surface area (Å²) in [5.41, 5.74) is -0.438. The molecule has 1 aliphatic rings. The van der Waals surface area contributed by atoms with Crippen LogP contribution in [0.1, 0.15) is 38.5 Å². The van der Waals surface area contributed by atoms with Crippen LogP contribution in [0.2, 0.25) is 4.47 Å².